The summed E-state index contributed by atoms with van der Waals surface area (Å²) in [5.74, 6) is -1.43. The quantitative estimate of drug-likeness (QED) is 0.775. The van der Waals surface area contributed by atoms with Crippen LogP contribution in [0.25, 0.3) is 0 Å². The summed E-state index contributed by atoms with van der Waals surface area (Å²) in [4.78, 5) is 12.2. The lowest BCUT2D eigenvalue weighted by Gasteiger charge is -2.06. The molecule has 0 aliphatic heterocycles. The van der Waals surface area contributed by atoms with Gasteiger partial charge in [0.1, 0.15) is 11.6 Å². The Hall–Kier alpha value is -2.03. The van der Waals surface area contributed by atoms with Crippen LogP contribution in [0.2, 0.25) is 0 Å². The van der Waals surface area contributed by atoms with Crippen molar-refractivity contribution in [3.8, 4) is 0 Å². The zero-order valence-electron chi connectivity index (χ0n) is 11.0. The minimum Gasteiger partial charge on any atom is -0.294 e. The van der Waals surface area contributed by atoms with E-state index in [1.165, 1.54) is 23.3 Å². The molecule has 20 heavy (non-hydrogen) atoms. The third-order valence-electron chi connectivity index (χ3n) is 3.79. The summed E-state index contributed by atoms with van der Waals surface area (Å²) in [6, 6.07) is 9.01. The van der Waals surface area contributed by atoms with E-state index in [2.05, 4.69) is 0 Å². The van der Waals surface area contributed by atoms with Crippen LogP contribution in [-0.2, 0) is 19.3 Å². The Morgan fingerprint density at radius 2 is 1.80 bits per heavy atom. The summed E-state index contributed by atoms with van der Waals surface area (Å²) in [5.41, 5.74) is 3.36. The minimum absolute atomic E-state index is 0.0368. The molecular formula is C17H14F2O. The highest BCUT2D eigenvalue weighted by Crippen LogP contribution is 2.23. The number of halogens is 2. The van der Waals surface area contributed by atoms with Crippen molar-refractivity contribution in [2.24, 2.45) is 0 Å². The van der Waals surface area contributed by atoms with Crippen molar-refractivity contribution in [2.45, 2.75) is 25.7 Å². The Morgan fingerprint density at radius 3 is 2.60 bits per heavy atom. The molecule has 3 heteroatoms. The fraction of sp³-hybridized carbons (Fsp3) is 0.235. The number of carbonyl (C=O) groups is 1. The molecule has 2 aromatic rings. The van der Waals surface area contributed by atoms with Crippen molar-refractivity contribution >= 4 is 5.78 Å². The number of rotatable bonds is 3. The Balaban J connectivity index is 1.82. The summed E-state index contributed by atoms with van der Waals surface area (Å²) < 4.78 is 26.4. The fourth-order valence-corrected chi connectivity index (χ4v) is 2.69. The Kier molecular flexibility index (Phi) is 3.35. The number of hydrogen-bond acceptors (Lipinski definition) is 1. The van der Waals surface area contributed by atoms with Gasteiger partial charge in [-0.2, -0.15) is 0 Å². The van der Waals surface area contributed by atoms with E-state index in [1.54, 1.807) is 6.07 Å². The zero-order valence-corrected chi connectivity index (χ0v) is 11.0. The largest absolute Gasteiger partial charge is 0.294 e. The van der Waals surface area contributed by atoms with Gasteiger partial charge in [0, 0.05) is 18.1 Å². The van der Waals surface area contributed by atoms with Crippen LogP contribution in [0.1, 0.15) is 33.5 Å². The maximum atomic E-state index is 13.6. The van der Waals surface area contributed by atoms with Gasteiger partial charge in [-0.15, -0.1) is 0 Å². The molecule has 0 N–H and O–H groups in total. The van der Waals surface area contributed by atoms with Crippen LogP contribution in [0, 0.1) is 11.6 Å². The summed E-state index contributed by atoms with van der Waals surface area (Å²) in [7, 11) is 0. The van der Waals surface area contributed by atoms with E-state index in [0.29, 0.717) is 5.56 Å². The normalized spacial score (nSPS) is 13.3. The molecule has 0 saturated carbocycles. The van der Waals surface area contributed by atoms with E-state index >= 15 is 0 Å². The molecule has 0 spiro atoms. The van der Waals surface area contributed by atoms with E-state index in [1.807, 2.05) is 12.1 Å². The van der Waals surface area contributed by atoms with E-state index in [4.69, 9.17) is 0 Å². The predicted octanol–water partition coefficient (Wildman–Crippen LogP) is 3.88. The Labute approximate surface area is 116 Å². The molecule has 0 fully saturated rings. The molecular weight excluding hydrogens is 258 g/mol. The lowest BCUT2D eigenvalue weighted by Crippen LogP contribution is -2.06. The number of Topliss-reactive ketones (excluding diaryl/α,β-unsaturated/α-hetero) is 1. The average Bonchev–Trinajstić information content (AvgIpc) is 2.89. The summed E-state index contributed by atoms with van der Waals surface area (Å²) in [5, 5.41) is 0. The van der Waals surface area contributed by atoms with Gasteiger partial charge in [0.15, 0.2) is 5.78 Å². The smallest absolute Gasteiger partial charge is 0.167 e. The highest BCUT2D eigenvalue weighted by Gasteiger charge is 2.15. The monoisotopic (exact) mass is 272 g/mol. The van der Waals surface area contributed by atoms with Crippen LogP contribution in [0.4, 0.5) is 8.78 Å². The summed E-state index contributed by atoms with van der Waals surface area (Å²) in [6.07, 6.45) is 3.15. The molecule has 3 rings (SSSR count). The third kappa shape index (κ3) is 2.48. The first-order valence-electron chi connectivity index (χ1n) is 6.72. The van der Waals surface area contributed by atoms with Crippen LogP contribution >= 0.6 is 0 Å². The van der Waals surface area contributed by atoms with Crippen molar-refractivity contribution in [1.82, 2.24) is 0 Å². The molecule has 0 heterocycles. The second kappa shape index (κ2) is 5.16. The molecule has 0 radical (unpaired) electrons. The maximum absolute atomic E-state index is 13.6. The topological polar surface area (TPSA) is 17.1 Å². The van der Waals surface area contributed by atoms with Crippen LogP contribution < -0.4 is 0 Å². The van der Waals surface area contributed by atoms with Crippen molar-refractivity contribution in [3.63, 3.8) is 0 Å². The summed E-state index contributed by atoms with van der Waals surface area (Å²) in [6.45, 7) is 0. The van der Waals surface area contributed by atoms with Gasteiger partial charge in [-0.3, -0.25) is 4.79 Å². The van der Waals surface area contributed by atoms with Gasteiger partial charge in [0.25, 0.3) is 0 Å². The van der Waals surface area contributed by atoms with Crippen LogP contribution in [0.15, 0.2) is 36.4 Å². The van der Waals surface area contributed by atoms with E-state index in [0.717, 1.165) is 25.3 Å². The van der Waals surface area contributed by atoms with Crippen LogP contribution in [0.3, 0.4) is 0 Å². The van der Waals surface area contributed by atoms with Gasteiger partial charge in [-0.25, -0.2) is 8.78 Å². The highest BCUT2D eigenvalue weighted by atomic mass is 19.1. The number of ketones is 1. The molecule has 102 valence electrons. The second-order valence-corrected chi connectivity index (χ2v) is 5.17. The van der Waals surface area contributed by atoms with Crippen LogP contribution in [-0.4, -0.2) is 5.78 Å². The molecule has 2 aromatic carbocycles. The number of hydrogen-bond donors (Lipinski definition) is 0. The molecule has 0 saturated heterocycles. The predicted molar refractivity (Wildman–Crippen MR) is 72.9 cm³/mol. The van der Waals surface area contributed by atoms with E-state index in [-0.39, 0.29) is 17.8 Å². The summed E-state index contributed by atoms with van der Waals surface area (Å²) >= 11 is 0. The number of aryl methyl sites for hydroxylation is 2. The standard InChI is InChI=1S/C17H14F2O/c18-15-7-6-13(16(19)10-15)9-17(20)14-5-4-11-2-1-3-12(11)8-14/h4-8,10H,1-3,9H2. The molecule has 0 unspecified atom stereocenters. The first kappa shape index (κ1) is 13.0. The molecule has 0 atom stereocenters. The first-order valence-corrected chi connectivity index (χ1v) is 6.72. The van der Waals surface area contributed by atoms with Gasteiger partial charge >= 0.3 is 0 Å². The van der Waals surface area contributed by atoms with Crippen molar-refractivity contribution in [3.05, 3.63) is 70.3 Å². The van der Waals surface area contributed by atoms with Gasteiger partial charge in [-0.05, 0) is 48.1 Å². The molecule has 1 aliphatic carbocycles. The number of carbonyl (C=O) groups excluding carboxylic acids is 1. The molecule has 0 amide bonds. The molecule has 1 aliphatic rings. The van der Waals surface area contributed by atoms with Gasteiger partial charge < -0.3 is 0 Å². The highest BCUT2D eigenvalue weighted by molar-refractivity contribution is 5.97. The van der Waals surface area contributed by atoms with Gasteiger partial charge in [0.2, 0.25) is 0 Å². The van der Waals surface area contributed by atoms with Crippen molar-refractivity contribution < 1.29 is 13.6 Å². The average molecular weight is 272 g/mol. The van der Waals surface area contributed by atoms with Crippen molar-refractivity contribution in [1.29, 1.82) is 0 Å². The van der Waals surface area contributed by atoms with E-state index < -0.39 is 11.6 Å². The minimum atomic E-state index is -0.667. The fourth-order valence-electron chi connectivity index (χ4n) is 2.69. The number of fused-ring (bicyclic) bond motifs is 1. The van der Waals surface area contributed by atoms with Crippen LogP contribution in [0.5, 0.6) is 0 Å². The molecule has 0 aromatic heterocycles. The SMILES string of the molecule is O=C(Cc1ccc(F)cc1F)c1ccc2c(c1)CCC2. The third-order valence-corrected chi connectivity index (χ3v) is 3.79. The molecule has 0 bridgehead atoms. The lowest BCUT2D eigenvalue weighted by atomic mass is 9.99. The van der Waals surface area contributed by atoms with Crippen molar-refractivity contribution in [2.75, 3.05) is 0 Å². The Bertz CT molecular complexity index is 677. The number of benzene rings is 2. The van der Waals surface area contributed by atoms with Gasteiger partial charge in [0.05, 0.1) is 0 Å². The second-order valence-electron chi connectivity index (χ2n) is 5.17. The zero-order chi connectivity index (χ0) is 14.1. The first-order chi connectivity index (χ1) is 9.63. The lowest BCUT2D eigenvalue weighted by molar-refractivity contribution is 0.0991. The Morgan fingerprint density at radius 1 is 1.00 bits per heavy atom. The van der Waals surface area contributed by atoms with Gasteiger partial charge in [-0.1, -0.05) is 18.2 Å². The maximum Gasteiger partial charge on any atom is 0.167 e. The van der Waals surface area contributed by atoms with E-state index in [9.17, 15) is 13.6 Å². The molecule has 1 nitrogen and oxygen atoms in total.